The topological polar surface area (TPSA) is 86.8 Å². The molecule has 1 atom stereocenters. The van der Waals surface area contributed by atoms with E-state index in [0.717, 1.165) is 51.1 Å². The maximum atomic E-state index is 13.0. The van der Waals surface area contributed by atoms with E-state index in [1.54, 1.807) is 6.20 Å². The average Bonchev–Trinajstić information content (AvgIpc) is 3.42. The van der Waals surface area contributed by atoms with Gasteiger partial charge in [-0.2, -0.15) is 10.8 Å². The summed E-state index contributed by atoms with van der Waals surface area (Å²) in [5.74, 6) is 7.95. The van der Waals surface area contributed by atoms with Crippen LogP contribution in [0.5, 0.6) is 0 Å². The standard InChI is InChI=1S/C26H24BrN6O/c27-20-7-5-18(6-8-20)26(34)32-12-9-17(10-13-32)24-23-16-29-11-14-33(23,28)25(31-24)22-15-19-3-1-2-4-21(19)30-22/h1-8,11,14-17,30H,9-10,12-13,28H2/q+1. The van der Waals surface area contributed by atoms with Gasteiger partial charge in [0.2, 0.25) is 5.70 Å². The Morgan fingerprint density at radius 3 is 2.65 bits per heavy atom. The van der Waals surface area contributed by atoms with Gasteiger partial charge in [0.05, 0.1) is 12.4 Å². The molecule has 1 unspecified atom stereocenters. The lowest BCUT2D eigenvalue weighted by Gasteiger charge is -2.32. The predicted octanol–water partition coefficient (Wildman–Crippen LogP) is 4.70. The van der Waals surface area contributed by atoms with Gasteiger partial charge in [-0.3, -0.25) is 9.79 Å². The number of para-hydroxylation sites is 1. The molecule has 0 radical (unpaired) electrons. The quantitative estimate of drug-likeness (QED) is 0.391. The average molecular weight is 516 g/mol. The number of benzene rings is 2. The van der Waals surface area contributed by atoms with Crippen LogP contribution in [-0.4, -0.2) is 45.5 Å². The lowest BCUT2D eigenvalue weighted by molar-refractivity contribution is -0.750. The Labute approximate surface area is 205 Å². The summed E-state index contributed by atoms with van der Waals surface area (Å²) in [5, 5.41) is 1.12. The Bertz CT molecular complexity index is 1380. The molecular weight excluding hydrogens is 492 g/mol. The normalized spacial score (nSPS) is 22.4. The van der Waals surface area contributed by atoms with Crippen molar-refractivity contribution >= 4 is 44.8 Å². The number of carbonyl (C=O) groups is 1. The third kappa shape index (κ3) is 3.46. The third-order valence-corrected chi connectivity index (χ3v) is 7.38. The van der Waals surface area contributed by atoms with Crippen LogP contribution in [0.4, 0.5) is 0 Å². The molecule has 3 aliphatic heterocycles. The number of H-pyrrole nitrogens is 1. The fourth-order valence-corrected chi connectivity index (χ4v) is 5.28. The first-order chi connectivity index (χ1) is 16.5. The Balaban J connectivity index is 1.27. The number of aromatic nitrogens is 1. The molecule has 1 amide bonds. The second-order valence-corrected chi connectivity index (χ2v) is 9.82. The summed E-state index contributed by atoms with van der Waals surface area (Å²) in [6.07, 6.45) is 7.10. The molecular formula is C26H24BrN6O+. The zero-order valence-corrected chi connectivity index (χ0v) is 20.1. The summed E-state index contributed by atoms with van der Waals surface area (Å²) in [6.45, 7) is 1.37. The summed E-state index contributed by atoms with van der Waals surface area (Å²) >= 11 is 3.43. The highest BCUT2D eigenvalue weighted by atomic mass is 79.9. The van der Waals surface area contributed by atoms with Gasteiger partial charge in [-0.1, -0.05) is 34.1 Å². The van der Waals surface area contributed by atoms with Gasteiger partial charge in [-0.05, 0) is 49.2 Å². The maximum absolute atomic E-state index is 13.0. The maximum Gasteiger partial charge on any atom is 0.281 e. The number of likely N-dealkylation sites (tertiary alicyclic amines) is 1. The number of aliphatic imine (C=N–C) groups is 2. The zero-order valence-electron chi connectivity index (χ0n) is 18.5. The van der Waals surface area contributed by atoms with Crippen LogP contribution in [-0.2, 0) is 0 Å². The first-order valence-corrected chi connectivity index (χ1v) is 12.2. The van der Waals surface area contributed by atoms with Crippen LogP contribution in [0.1, 0.15) is 28.9 Å². The molecule has 3 N–H and O–H groups in total. The molecule has 0 aliphatic carbocycles. The van der Waals surface area contributed by atoms with Gasteiger partial charge < -0.3 is 9.88 Å². The zero-order chi connectivity index (χ0) is 23.3. The van der Waals surface area contributed by atoms with E-state index in [9.17, 15) is 4.79 Å². The Morgan fingerprint density at radius 1 is 1.12 bits per heavy atom. The largest absolute Gasteiger partial charge is 0.349 e. The van der Waals surface area contributed by atoms with Crippen molar-refractivity contribution in [3.63, 3.8) is 0 Å². The van der Waals surface area contributed by atoms with Crippen LogP contribution < -0.4 is 5.84 Å². The molecule has 2 aromatic carbocycles. The van der Waals surface area contributed by atoms with Crippen molar-refractivity contribution in [2.45, 2.75) is 12.8 Å². The van der Waals surface area contributed by atoms with E-state index in [0.29, 0.717) is 18.7 Å². The number of nitrogens with two attached hydrogens (primary N) is 1. The number of amides is 1. The molecule has 1 fully saturated rings. The van der Waals surface area contributed by atoms with Crippen molar-refractivity contribution in [2.75, 3.05) is 13.1 Å². The summed E-state index contributed by atoms with van der Waals surface area (Å²) in [4.78, 5) is 27.8. The fraction of sp³-hybridized carbons (Fsp3) is 0.192. The number of nitrogens with zero attached hydrogens (tertiary/aromatic N) is 4. The summed E-state index contributed by atoms with van der Waals surface area (Å²) < 4.78 is 0.969. The molecule has 1 aromatic heterocycles. The summed E-state index contributed by atoms with van der Waals surface area (Å²) in [5.41, 5.74) is 4.54. The number of halogens is 1. The Morgan fingerprint density at radius 2 is 1.88 bits per heavy atom. The first-order valence-electron chi connectivity index (χ1n) is 11.4. The van der Waals surface area contributed by atoms with Crippen LogP contribution in [0.15, 0.2) is 92.8 Å². The second-order valence-electron chi connectivity index (χ2n) is 8.90. The van der Waals surface area contributed by atoms with Crippen LogP contribution in [0.3, 0.4) is 0 Å². The Kier molecular flexibility index (Phi) is 5.09. The molecule has 6 rings (SSSR count). The minimum absolute atomic E-state index is 0.00366. The van der Waals surface area contributed by atoms with Gasteiger partial charge in [0.1, 0.15) is 17.6 Å². The lowest BCUT2D eigenvalue weighted by atomic mass is 9.92. The number of aromatic amines is 1. The number of allylic oxidation sites excluding steroid dienone is 2. The van der Waals surface area contributed by atoms with Crippen LogP contribution >= 0.6 is 15.9 Å². The molecule has 7 nitrogen and oxygen atoms in total. The van der Waals surface area contributed by atoms with E-state index in [4.69, 9.17) is 10.8 Å². The molecule has 1 saturated heterocycles. The minimum atomic E-state index is 0.00366. The summed E-state index contributed by atoms with van der Waals surface area (Å²) in [6, 6.07) is 17.8. The van der Waals surface area contributed by atoms with E-state index in [1.807, 2.05) is 53.7 Å². The number of quaternary nitrogens is 1. The SMILES string of the molecule is N[N+]12C=CN=CC1=C(C1CCN(C(=O)c3ccc(Br)cc3)CC1)N=C2c1cc2ccccc2[nH]1. The highest BCUT2D eigenvalue weighted by Crippen LogP contribution is 2.38. The van der Waals surface area contributed by atoms with Gasteiger partial charge in [-0.15, -0.1) is 4.59 Å². The number of rotatable bonds is 3. The van der Waals surface area contributed by atoms with Crippen molar-refractivity contribution < 1.29 is 9.39 Å². The summed E-state index contributed by atoms with van der Waals surface area (Å²) in [7, 11) is 0. The van der Waals surface area contributed by atoms with E-state index in [2.05, 4.69) is 44.1 Å². The Hall–Kier alpha value is -3.33. The van der Waals surface area contributed by atoms with E-state index in [-0.39, 0.29) is 16.4 Å². The number of fused-ring (bicyclic) bond motifs is 2. The predicted molar refractivity (Wildman–Crippen MR) is 137 cm³/mol. The van der Waals surface area contributed by atoms with Crippen LogP contribution in [0.25, 0.3) is 10.9 Å². The van der Waals surface area contributed by atoms with Crippen molar-refractivity contribution in [2.24, 2.45) is 21.7 Å². The second kappa shape index (κ2) is 8.16. The molecule has 0 bridgehead atoms. The van der Waals surface area contributed by atoms with Gasteiger partial charge in [0, 0.05) is 39.9 Å². The number of hydrogen-bond donors (Lipinski definition) is 2. The molecule has 34 heavy (non-hydrogen) atoms. The number of amidine groups is 1. The first kappa shape index (κ1) is 21.2. The highest BCUT2D eigenvalue weighted by molar-refractivity contribution is 9.10. The van der Waals surface area contributed by atoms with Crippen molar-refractivity contribution in [1.29, 1.82) is 0 Å². The van der Waals surface area contributed by atoms with Crippen molar-refractivity contribution in [3.05, 3.63) is 94.1 Å². The van der Waals surface area contributed by atoms with Crippen molar-refractivity contribution in [3.8, 4) is 0 Å². The van der Waals surface area contributed by atoms with Gasteiger partial charge in [0.15, 0.2) is 0 Å². The monoisotopic (exact) mass is 515 g/mol. The molecule has 0 saturated carbocycles. The van der Waals surface area contributed by atoms with E-state index in [1.165, 1.54) is 0 Å². The van der Waals surface area contributed by atoms with Gasteiger partial charge >= 0.3 is 0 Å². The van der Waals surface area contributed by atoms with Gasteiger partial charge in [-0.25, -0.2) is 0 Å². The van der Waals surface area contributed by atoms with Gasteiger partial charge in [0.25, 0.3) is 11.7 Å². The van der Waals surface area contributed by atoms with Crippen LogP contribution in [0, 0.1) is 5.92 Å². The number of carbonyl (C=O) groups excluding carboxylic acids is 1. The number of piperidine rings is 1. The lowest BCUT2D eigenvalue weighted by Crippen LogP contribution is -2.53. The minimum Gasteiger partial charge on any atom is -0.349 e. The highest BCUT2D eigenvalue weighted by Gasteiger charge is 2.46. The van der Waals surface area contributed by atoms with Crippen LogP contribution in [0.2, 0.25) is 0 Å². The molecule has 8 heteroatoms. The number of hydrogen-bond acceptors (Lipinski definition) is 4. The number of nitrogens with one attached hydrogen (secondary N) is 1. The third-order valence-electron chi connectivity index (χ3n) is 6.85. The molecule has 0 spiro atoms. The smallest absolute Gasteiger partial charge is 0.281 e. The molecule has 170 valence electrons. The molecule has 3 aromatic rings. The molecule has 4 heterocycles. The molecule has 3 aliphatic rings. The fourth-order valence-electron chi connectivity index (χ4n) is 5.01. The van der Waals surface area contributed by atoms with E-state index < -0.39 is 0 Å². The van der Waals surface area contributed by atoms with Crippen molar-refractivity contribution in [1.82, 2.24) is 9.88 Å². The van der Waals surface area contributed by atoms with E-state index >= 15 is 0 Å².